The first-order valence-electron chi connectivity index (χ1n) is 14.9. The molecule has 0 radical (unpaired) electrons. The lowest BCUT2D eigenvalue weighted by Gasteiger charge is -2.15. The van der Waals surface area contributed by atoms with Crippen molar-refractivity contribution in [3.05, 3.63) is 71.8 Å². The second kappa shape index (κ2) is 17.3. The van der Waals surface area contributed by atoms with Crippen molar-refractivity contribution in [2.75, 3.05) is 26.1 Å². The zero-order valence-electron chi connectivity index (χ0n) is 25.4. The predicted octanol–water partition coefficient (Wildman–Crippen LogP) is 6.60. The van der Waals surface area contributed by atoms with Gasteiger partial charge in [-0.2, -0.15) is 0 Å². The van der Waals surface area contributed by atoms with E-state index in [1.54, 1.807) is 18.2 Å². The average Bonchev–Trinajstić information content (AvgIpc) is 2.98. The molecule has 2 N–H and O–H groups in total. The highest BCUT2D eigenvalue weighted by Gasteiger charge is 2.14. The van der Waals surface area contributed by atoms with E-state index in [4.69, 9.17) is 19.3 Å². The number of carbonyl (C=O) groups is 2. The highest BCUT2D eigenvalue weighted by Crippen LogP contribution is 2.30. The summed E-state index contributed by atoms with van der Waals surface area (Å²) in [4.78, 5) is 22.2. The average molecular weight is 627 g/mol. The number of carboxylic acid groups (broad SMARTS) is 2. The first-order chi connectivity index (χ1) is 21.1. The van der Waals surface area contributed by atoms with Crippen molar-refractivity contribution in [2.24, 2.45) is 0 Å². The zero-order valence-corrected chi connectivity index (χ0v) is 26.2. The van der Waals surface area contributed by atoms with E-state index >= 15 is 0 Å². The summed E-state index contributed by atoms with van der Waals surface area (Å²) in [6.45, 7) is 3.18. The van der Waals surface area contributed by atoms with E-state index in [1.807, 2.05) is 49.4 Å². The molecule has 0 aromatic heterocycles. The van der Waals surface area contributed by atoms with Crippen molar-refractivity contribution < 1.29 is 42.4 Å². The van der Waals surface area contributed by atoms with Gasteiger partial charge in [0.1, 0.15) is 17.2 Å². The van der Waals surface area contributed by atoms with Crippen LogP contribution < -0.4 is 14.2 Å². The summed E-state index contributed by atoms with van der Waals surface area (Å²) in [7, 11) is -3.44. The van der Waals surface area contributed by atoms with Gasteiger partial charge in [-0.3, -0.25) is 9.59 Å². The number of aliphatic carboxylic acids is 2. The van der Waals surface area contributed by atoms with E-state index in [0.717, 1.165) is 60.1 Å². The normalized spacial score (nSPS) is 11.2. The van der Waals surface area contributed by atoms with Crippen LogP contribution in [0.5, 0.6) is 17.2 Å². The Balaban J connectivity index is 1.54. The number of benzene rings is 3. The van der Waals surface area contributed by atoms with Gasteiger partial charge in [0, 0.05) is 19.1 Å². The van der Waals surface area contributed by atoms with Crippen LogP contribution in [-0.4, -0.2) is 56.6 Å². The summed E-state index contributed by atoms with van der Waals surface area (Å²) in [6, 6.07) is 18.2. The van der Waals surface area contributed by atoms with Crippen molar-refractivity contribution >= 4 is 21.8 Å². The number of hydrogen-bond donors (Lipinski definition) is 2. The van der Waals surface area contributed by atoms with E-state index in [-0.39, 0.29) is 24.3 Å². The van der Waals surface area contributed by atoms with Gasteiger partial charge < -0.3 is 24.4 Å². The molecule has 3 aromatic carbocycles. The second-order valence-electron chi connectivity index (χ2n) is 10.6. The minimum absolute atomic E-state index is 0.0132. The van der Waals surface area contributed by atoms with Gasteiger partial charge in [-0.05, 0) is 97.7 Å². The molecule has 0 atom stereocenters. The maximum atomic E-state index is 12.3. The molecule has 10 heteroatoms. The molecule has 0 fully saturated rings. The summed E-state index contributed by atoms with van der Waals surface area (Å²) < 4.78 is 42.0. The number of ether oxygens (including phenoxy) is 3. The first-order valence-corrected chi connectivity index (χ1v) is 16.8. The zero-order chi connectivity index (χ0) is 32.0. The van der Waals surface area contributed by atoms with Crippen LogP contribution in [0, 0.1) is 0 Å². The van der Waals surface area contributed by atoms with Crippen molar-refractivity contribution in [1.29, 1.82) is 0 Å². The maximum Gasteiger partial charge on any atom is 0.303 e. The minimum Gasteiger partial charge on any atom is -0.494 e. The van der Waals surface area contributed by atoms with Crippen molar-refractivity contribution in [1.82, 2.24) is 0 Å². The quantitative estimate of drug-likeness (QED) is 0.133. The van der Waals surface area contributed by atoms with Crippen LogP contribution >= 0.6 is 0 Å². The topological polar surface area (TPSA) is 136 Å². The first kappa shape index (κ1) is 34.4. The third-order valence-corrected chi connectivity index (χ3v) is 8.12. The van der Waals surface area contributed by atoms with Crippen LogP contribution in [0.2, 0.25) is 0 Å². The van der Waals surface area contributed by atoms with Gasteiger partial charge in [0.2, 0.25) is 0 Å². The highest BCUT2D eigenvalue weighted by molar-refractivity contribution is 7.90. The van der Waals surface area contributed by atoms with E-state index < -0.39 is 21.8 Å². The van der Waals surface area contributed by atoms with Gasteiger partial charge in [0.05, 0.1) is 24.7 Å². The highest BCUT2D eigenvalue weighted by atomic mass is 32.2. The summed E-state index contributed by atoms with van der Waals surface area (Å²) in [5.74, 6) is 0.0984. The molecule has 238 valence electrons. The minimum atomic E-state index is -3.44. The fourth-order valence-corrected chi connectivity index (χ4v) is 5.48. The molecule has 0 saturated carbocycles. The summed E-state index contributed by atoms with van der Waals surface area (Å²) in [5.41, 5.74) is 3.51. The van der Waals surface area contributed by atoms with Gasteiger partial charge in [-0.1, -0.05) is 37.1 Å². The third-order valence-electron chi connectivity index (χ3n) is 7.03. The predicted molar refractivity (Wildman–Crippen MR) is 169 cm³/mol. The molecule has 0 unspecified atom stereocenters. The Morgan fingerprint density at radius 3 is 2.09 bits per heavy atom. The molecule has 0 heterocycles. The standard InChI is InChI=1S/C34H42O9S/c1-3-41-28-16-14-25(15-17-28)27-22-29(24-30(23-27)44(2,39)40)42-20-7-5-4-6-10-26-11-8-12-32(31(26)18-19-34(37)38)43-21-9-13-33(35)36/h8,11-12,14-17,22-24H,3-7,9-10,13,18-21H2,1-2H3,(H,35,36)(H,37,38). The Morgan fingerprint density at radius 2 is 1.41 bits per heavy atom. The molecular weight excluding hydrogens is 584 g/mol. The van der Waals surface area contributed by atoms with Crippen molar-refractivity contribution in [2.45, 2.75) is 69.6 Å². The SMILES string of the molecule is CCOc1ccc(-c2cc(OCCCCCCc3cccc(OCCCC(=O)O)c3CCC(=O)O)cc(S(C)(=O)=O)c2)cc1. The molecule has 0 amide bonds. The monoisotopic (exact) mass is 626 g/mol. The van der Waals surface area contributed by atoms with Gasteiger partial charge in [0.25, 0.3) is 0 Å². The Kier molecular flexibility index (Phi) is 13.5. The Hall–Kier alpha value is -4.05. The molecule has 0 spiro atoms. The van der Waals surface area contributed by atoms with E-state index in [9.17, 15) is 23.1 Å². The van der Waals surface area contributed by atoms with Crippen LogP contribution in [0.1, 0.15) is 63.0 Å². The molecule has 3 aromatic rings. The van der Waals surface area contributed by atoms with E-state index in [0.29, 0.717) is 37.6 Å². The molecule has 9 nitrogen and oxygen atoms in total. The van der Waals surface area contributed by atoms with Crippen molar-refractivity contribution in [3.8, 4) is 28.4 Å². The molecule has 44 heavy (non-hydrogen) atoms. The van der Waals surface area contributed by atoms with E-state index in [2.05, 4.69) is 0 Å². The number of aryl methyl sites for hydroxylation is 1. The molecule has 0 aliphatic carbocycles. The summed E-state index contributed by atoms with van der Waals surface area (Å²) >= 11 is 0. The van der Waals surface area contributed by atoms with Crippen LogP contribution in [0.25, 0.3) is 11.1 Å². The summed E-state index contributed by atoms with van der Waals surface area (Å²) in [6.07, 6.45) is 6.21. The van der Waals surface area contributed by atoms with Crippen molar-refractivity contribution in [3.63, 3.8) is 0 Å². The number of unbranched alkanes of at least 4 members (excludes halogenated alkanes) is 3. The lowest BCUT2D eigenvalue weighted by molar-refractivity contribution is -0.138. The Bertz CT molecular complexity index is 1480. The number of rotatable bonds is 20. The maximum absolute atomic E-state index is 12.3. The lowest BCUT2D eigenvalue weighted by atomic mass is 9.97. The fraction of sp³-hybridized carbons (Fsp3) is 0.412. The van der Waals surface area contributed by atoms with Gasteiger partial charge >= 0.3 is 11.9 Å². The molecule has 0 saturated heterocycles. The van der Waals surface area contributed by atoms with Gasteiger partial charge in [-0.15, -0.1) is 0 Å². The smallest absolute Gasteiger partial charge is 0.303 e. The van der Waals surface area contributed by atoms with Gasteiger partial charge in [-0.25, -0.2) is 8.42 Å². The van der Waals surface area contributed by atoms with Crippen LogP contribution in [0.15, 0.2) is 65.6 Å². The Labute approximate surface area is 259 Å². The molecule has 0 aliphatic rings. The van der Waals surface area contributed by atoms with Gasteiger partial charge in [0.15, 0.2) is 9.84 Å². The third kappa shape index (κ3) is 11.6. The number of carboxylic acids is 2. The second-order valence-corrected chi connectivity index (χ2v) is 12.6. The Morgan fingerprint density at radius 1 is 0.705 bits per heavy atom. The van der Waals surface area contributed by atoms with E-state index in [1.165, 1.54) is 6.26 Å². The molecular formula is C34H42O9S. The molecule has 3 rings (SSSR count). The largest absolute Gasteiger partial charge is 0.494 e. The van der Waals surface area contributed by atoms with Crippen LogP contribution in [0.3, 0.4) is 0 Å². The summed E-state index contributed by atoms with van der Waals surface area (Å²) in [5, 5.41) is 18.1. The fourth-order valence-electron chi connectivity index (χ4n) is 4.81. The molecule has 0 aliphatic heterocycles. The lowest BCUT2D eigenvalue weighted by Crippen LogP contribution is -2.07. The van der Waals surface area contributed by atoms with Crippen LogP contribution in [-0.2, 0) is 32.3 Å². The molecule has 0 bridgehead atoms. The number of sulfone groups is 1. The number of hydrogen-bond acceptors (Lipinski definition) is 7. The van der Waals surface area contributed by atoms with Crippen LogP contribution in [0.4, 0.5) is 0 Å².